The maximum Gasteiger partial charge on any atom is 0.149 e. The van der Waals surface area contributed by atoms with Crippen molar-refractivity contribution in [2.45, 2.75) is 43.9 Å². The van der Waals surface area contributed by atoms with Crippen LogP contribution in [-0.2, 0) is 4.84 Å². The molecule has 0 bridgehead atoms. The summed E-state index contributed by atoms with van der Waals surface area (Å²) in [6, 6.07) is 0. The highest BCUT2D eigenvalue weighted by Crippen LogP contribution is 2.37. The van der Waals surface area contributed by atoms with Gasteiger partial charge in [0.25, 0.3) is 0 Å². The summed E-state index contributed by atoms with van der Waals surface area (Å²) in [6.45, 7) is 0. The lowest BCUT2D eigenvalue weighted by molar-refractivity contribution is 0.00588. The molecule has 11 heavy (non-hydrogen) atoms. The maximum atomic E-state index is 12.8. The number of hydrogen-bond donors (Lipinski definition) is 0. The quantitative estimate of drug-likeness (QED) is 0.454. The zero-order valence-corrected chi connectivity index (χ0v) is 6.42. The third kappa shape index (κ3) is 1.70. The van der Waals surface area contributed by atoms with Gasteiger partial charge in [0.15, 0.2) is 0 Å². The van der Waals surface area contributed by atoms with E-state index in [0.29, 0.717) is 12.8 Å². The molecule has 2 saturated carbocycles. The average molecular weight is 157 g/mol. The van der Waals surface area contributed by atoms with Crippen LogP contribution >= 0.6 is 0 Å². The van der Waals surface area contributed by atoms with Gasteiger partial charge in [-0.3, -0.25) is 0 Å². The Morgan fingerprint density at radius 1 is 1.45 bits per heavy atom. The van der Waals surface area contributed by atoms with Gasteiger partial charge >= 0.3 is 0 Å². The molecule has 2 rings (SSSR count). The molecule has 2 nitrogen and oxygen atoms in total. The van der Waals surface area contributed by atoms with Crippen molar-refractivity contribution in [1.82, 2.24) is 0 Å². The van der Waals surface area contributed by atoms with Crippen LogP contribution < -0.4 is 0 Å². The number of halogens is 1. The van der Waals surface area contributed by atoms with Crippen LogP contribution in [-0.4, -0.2) is 18.0 Å². The fourth-order valence-corrected chi connectivity index (χ4v) is 0.936. The molecule has 0 heterocycles. The van der Waals surface area contributed by atoms with E-state index in [2.05, 4.69) is 5.16 Å². The van der Waals surface area contributed by atoms with Crippen molar-refractivity contribution >= 4 is 6.21 Å². The first kappa shape index (κ1) is 7.07. The Kier molecular flexibility index (Phi) is 1.59. The van der Waals surface area contributed by atoms with Crippen molar-refractivity contribution in [2.75, 3.05) is 0 Å². The summed E-state index contributed by atoms with van der Waals surface area (Å²) in [5.74, 6) is 0. The van der Waals surface area contributed by atoms with Gasteiger partial charge in [-0.2, -0.15) is 0 Å². The molecule has 0 N–H and O–H groups in total. The lowest BCUT2D eigenvalue weighted by atomic mass is 9.97. The van der Waals surface area contributed by atoms with Crippen LogP contribution in [0.3, 0.4) is 0 Å². The molecule has 0 amide bonds. The van der Waals surface area contributed by atoms with Crippen molar-refractivity contribution in [1.29, 1.82) is 0 Å². The van der Waals surface area contributed by atoms with Gasteiger partial charge in [0.05, 0.1) is 6.21 Å². The Morgan fingerprint density at radius 3 is 2.64 bits per heavy atom. The van der Waals surface area contributed by atoms with Crippen molar-refractivity contribution < 1.29 is 9.23 Å². The summed E-state index contributed by atoms with van der Waals surface area (Å²) in [5.41, 5.74) is -1.11. The number of hydrogen-bond acceptors (Lipinski definition) is 2. The largest absolute Gasteiger partial charge is 0.393 e. The van der Waals surface area contributed by atoms with E-state index in [4.69, 9.17) is 4.84 Å². The van der Waals surface area contributed by atoms with Crippen molar-refractivity contribution in [3.8, 4) is 0 Å². The molecular weight excluding hydrogens is 145 g/mol. The fourth-order valence-electron chi connectivity index (χ4n) is 0.936. The Bertz CT molecular complexity index is 173. The summed E-state index contributed by atoms with van der Waals surface area (Å²) >= 11 is 0. The van der Waals surface area contributed by atoms with E-state index in [9.17, 15) is 4.39 Å². The summed E-state index contributed by atoms with van der Waals surface area (Å²) in [4.78, 5) is 5.02. The van der Waals surface area contributed by atoms with Gasteiger partial charge < -0.3 is 4.84 Å². The Morgan fingerprint density at radius 2 is 2.18 bits per heavy atom. The summed E-state index contributed by atoms with van der Waals surface area (Å²) in [6.07, 6.45) is 6.20. The molecule has 0 radical (unpaired) electrons. The molecule has 0 saturated heterocycles. The highest BCUT2D eigenvalue weighted by Gasteiger charge is 2.42. The van der Waals surface area contributed by atoms with Crippen molar-refractivity contribution in [3.05, 3.63) is 0 Å². The lowest BCUT2D eigenvalue weighted by Crippen LogP contribution is -2.19. The first-order valence-electron chi connectivity index (χ1n) is 4.18. The summed E-state index contributed by atoms with van der Waals surface area (Å²) in [7, 11) is 0. The molecule has 0 aromatic carbocycles. The van der Waals surface area contributed by atoms with E-state index >= 15 is 0 Å². The molecule has 3 heteroatoms. The maximum absolute atomic E-state index is 12.8. The summed E-state index contributed by atoms with van der Waals surface area (Å²) < 4.78 is 12.8. The monoisotopic (exact) mass is 157 g/mol. The molecule has 0 aromatic rings. The highest BCUT2D eigenvalue weighted by molar-refractivity contribution is 5.71. The Hall–Kier alpha value is -0.600. The second kappa shape index (κ2) is 2.47. The molecule has 0 spiro atoms. The van der Waals surface area contributed by atoms with Gasteiger partial charge in [-0.1, -0.05) is 5.16 Å². The van der Waals surface area contributed by atoms with Gasteiger partial charge in [0.2, 0.25) is 0 Å². The predicted octanol–water partition coefficient (Wildman–Crippen LogP) is 2.04. The Labute approximate surface area is 65.4 Å². The molecule has 0 atom stereocenters. The predicted molar refractivity (Wildman–Crippen MR) is 40.3 cm³/mol. The minimum Gasteiger partial charge on any atom is -0.393 e. The van der Waals surface area contributed by atoms with Crippen molar-refractivity contribution in [2.24, 2.45) is 5.16 Å². The van der Waals surface area contributed by atoms with Crippen LogP contribution in [0.4, 0.5) is 4.39 Å². The van der Waals surface area contributed by atoms with Gasteiger partial charge in [-0.15, -0.1) is 0 Å². The van der Waals surface area contributed by atoms with E-state index in [1.54, 1.807) is 0 Å². The lowest BCUT2D eigenvalue weighted by Gasteiger charge is -2.22. The molecule has 2 aliphatic carbocycles. The normalized spacial score (nSPS) is 28.5. The molecule has 2 aliphatic rings. The third-order valence-corrected chi connectivity index (χ3v) is 2.27. The smallest absolute Gasteiger partial charge is 0.149 e. The van der Waals surface area contributed by atoms with Gasteiger partial charge in [-0.25, -0.2) is 4.39 Å². The SMILES string of the molecule is FC1(/C=N/OC2CCC2)CC1. The molecule has 0 unspecified atom stereocenters. The second-order valence-corrected chi connectivity index (χ2v) is 3.43. The molecule has 0 aromatic heterocycles. The number of oxime groups is 1. The number of rotatable bonds is 3. The van der Waals surface area contributed by atoms with Crippen molar-refractivity contribution in [3.63, 3.8) is 0 Å². The summed E-state index contributed by atoms with van der Waals surface area (Å²) in [5, 5.41) is 3.63. The van der Waals surface area contributed by atoms with Gasteiger partial charge in [0, 0.05) is 0 Å². The van der Waals surface area contributed by atoms with Crippen LogP contribution in [0.15, 0.2) is 5.16 Å². The Balaban J connectivity index is 1.68. The van der Waals surface area contributed by atoms with Crippen LogP contribution in [0.25, 0.3) is 0 Å². The van der Waals surface area contributed by atoms with E-state index in [-0.39, 0.29) is 6.10 Å². The third-order valence-electron chi connectivity index (χ3n) is 2.27. The first-order chi connectivity index (χ1) is 5.29. The fraction of sp³-hybridized carbons (Fsp3) is 0.875. The van der Waals surface area contributed by atoms with Crippen LogP contribution in [0, 0.1) is 0 Å². The zero-order chi connectivity index (χ0) is 7.73. The standard InChI is InChI=1S/C8H12FNO/c9-8(4-5-8)6-10-11-7-2-1-3-7/h6-7H,1-5H2/b10-6+. The number of alkyl halides is 1. The van der Waals surface area contributed by atoms with Gasteiger partial charge in [0.1, 0.15) is 11.8 Å². The minimum absolute atomic E-state index is 0.272. The molecule has 0 aliphatic heterocycles. The van der Waals surface area contributed by atoms with E-state index in [0.717, 1.165) is 12.8 Å². The first-order valence-corrected chi connectivity index (χ1v) is 4.18. The number of nitrogens with zero attached hydrogens (tertiary/aromatic N) is 1. The topological polar surface area (TPSA) is 21.6 Å². The highest BCUT2D eigenvalue weighted by atomic mass is 19.1. The molecule has 62 valence electrons. The average Bonchev–Trinajstić information content (AvgIpc) is 2.57. The molecular formula is C8H12FNO. The van der Waals surface area contributed by atoms with E-state index in [1.807, 2.05) is 0 Å². The van der Waals surface area contributed by atoms with E-state index in [1.165, 1.54) is 12.6 Å². The second-order valence-electron chi connectivity index (χ2n) is 3.43. The zero-order valence-electron chi connectivity index (χ0n) is 6.42. The van der Waals surface area contributed by atoms with Gasteiger partial charge in [-0.05, 0) is 32.1 Å². The van der Waals surface area contributed by atoms with Crippen LogP contribution in [0.1, 0.15) is 32.1 Å². The van der Waals surface area contributed by atoms with Crippen LogP contribution in [0.5, 0.6) is 0 Å². The minimum atomic E-state index is -1.11. The van der Waals surface area contributed by atoms with E-state index < -0.39 is 5.67 Å². The molecule has 2 fully saturated rings. The van der Waals surface area contributed by atoms with Crippen LogP contribution in [0.2, 0.25) is 0 Å².